The number of rotatable bonds is 16. The molecule has 0 aromatic heterocycles. The Hall–Kier alpha value is -0.0551. The van der Waals surface area contributed by atoms with E-state index in [1.165, 1.54) is 77.0 Å². The predicted molar refractivity (Wildman–Crippen MR) is 104 cm³/mol. The van der Waals surface area contributed by atoms with Gasteiger partial charge >= 0.3 is 0 Å². The normalized spacial score (nSPS) is 23.8. The summed E-state index contributed by atoms with van der Waals surface area (Å²) in [7, 11) is 7.59. The van der Waals surface area contributed by atoms with Crippen molar-refractivity contribution in [2.45, 2.75) is 109 Å². The lowest BCUT2D eigenvalue weighted by Gasteiger charge is -2.19. The summed E-state index contributed by atoms with van der Waals surface area (Å²) in [6.07, 6.45) is 17.7. The van der Waals surface area contributed by atoms with E-state index in [-0.39, 0.29) is 12.1 Å². The molecule has 0 amide bonds. The van der Waals surface area contributed by atoms with Gasteiger partial charge in [0, 0.05) is 19.2 Å². The highest BCUT2D eigenvalue weighted by atomic mass is 16.5. The SMILES string of the molecule is [B][C@H]1CC(NCCCCCCCCCCCCCC)C(COC)O1. The van der Waals surface area contributed by atoms with Gasteiger partial charge in [-0.2, -0.15) is 0 Å². The molecule has 2 radical (unpaired) electrons. The molecule has 0 aromatic rings. The van der Waals surface area contributed by atoms with Gasteiger partial charge in [0.15, 0.2) is 0 Å². The molecule has 0 spiro atoms. The first-order valence-corrected chi connectivity index (χ1v) is 10.4. The number of hydrogen-bond acceptors (Lipinski definition) is 3. The van der Waals surface area contributed by atoms with Gasteiger partial charge in [0.1, 0.15) is 7.85 Å². The molecule has 1 heterocycles. The Bertz CT molecular complexity index is 278. The molecule has 1 rings (SSSR count). The zero-order chi connectivity index (χ0) is 17.5. The van der Waals surface area contributed by atoms with Crippen molar-refractivity contribution in [1.29, 1.82) is 0 Å². The summed E-state index contributed by atoms with van der Waals surface area (Å²) in [5.41, 5.74) is 0. The van der Waals surface area contributed by atoms with Gasteiger partial charge in [0.2, 0.25) is 0 Å². The minimum Gasteiger partial charge on any atom is -0.382 e. The Morgan fingerprint density at radius 1 is 0.917 bits per heavy atom. The van der Waals surface area contributed by atoms with Crippen LogP contribution >= 0.6 is 0 Å². The smallest absolute Gasteiger partial charge is 0.109 e. The zero-order valence-corrected chi connectivity index (χ0v) is 16.2. The highest BCUT2D eigenvalue weighted by molar-refractivity contribution is 6.11. The molecule has 1 saturated heterocycles. The molecular weight excluding hydrogens is 297 g/mol. The summed E-state index contributed by atoms with van der Waals surface area (Å²) in [4.78, 5) is 0. The molecule has 140 valence electrons. The van der Waals surface area contributed by atoms with Crippen LogP contribution in [0.1, 0.15) is 90.4 Å². The van der Waals surface area contributed by atoms with Gasteiger partial charge in [0.25, 0.3) is 0 Å². The van der Waals surface area contributed by atoms with Crippen LogP contribution in [0.5, 0.6) is 0 Å². The minimum atomic E-state index is -0.135. The predicted octanol–water partition coefficient (Wildman–Crippen LogP) is 4.58. The molecule has 1 N–H and O–H groups in total. The molecule has 1 aliphatic rings. The molecule has 3 nitrogen and oxygen atoms in total. The third-order valence-electron chi connectivity index (χ3n) is 5.05. The van der Waals surface area contributed by atoms with E-state index in [0.29, 0.717) is 12.6 Å². The summed E-state index contributed by atoms with van der Waals surface area (Å²) in [6.45, 7) is 3.98. The van der Waals surface area contributed by atoms with Crippen molar-refractivity contribution in [2.75, 3.05) is 20.3 Å². The summed E-state index contributed by atoms with van der Waals surface area (Å²) >= 11 is 0. The van der Waals surface area contributed by atoms with Crippen LogP contribution in [0.2, 0.25) is 0 Å². The van der Waals surface area contributed by atoms with Gasteiger partial charge in [-0.05, 0) is 19.4 Å². The Kier molecular flexibility index (Phi) is 13.9. The number of unbranched alkanes of at least 4 members (excludes halogenated alkanes) is 11. The number of methoxy groups -OCH3 is 1. The molecule has 1 fully saturated rings. The lowest BCUT2D eigenvalue weighted by Crippen LogP contribution is -2.39. The van der Waals surface area contributed by atoms with Crippen LogP contribution in [0.3, 0.4) is 0 Å². The largest absolute Gasteiger partial charge is 0.382 e. The Labute approximate surface area is 152 Å². The second-order valence-electron chi connectivity index (χ2n) is 7.35. The second-order valence-corrected chi connectivity index (χ2v) is 7.35. The van der Waals surface area contributed by atoms with Gasteiger partial charge in [-0.15, -0.1) is 0 Å². The van der Waals surface area contributed by atoms with Crippen molar-refractivity contribution < 1.29 is 9.47 Å². The quantitative estimate of drug-likeness (QED) is 0.330. The monoisotopic (exact) mass is 337 g/mol. The summed E-state index contributed by atoms with van der Waals surface area (Å²) in [6, 6.07) is 0.220. The van der Waals surface area contributed by atoms with E-state index in [2.05, 4.69) is 12.2 Å². The maximum absolute atomic E-state index is 5.87. The van der Waals surface area contributed by atoms with Crippen LogP contribution in [0, 0.1) is 0 Å². The van der Waals surface area contributed by atoms with Crippen molar-refractivity contribution in [3.63, 3.8) is 0 Å². The average molecular weight is 337 g/mol. The molecule has 0 bridgehead atoms. The summed E-state index contributed by atoms with van der Waals surface area (Å²) < 4.78 is 10.9. The second kappa shape index (κ2) is 15.2. The number of ether oxygens (including phenoxy) is 2. The molecule has 0 aliphatic carbocycles. The molecule has 1 aliphatic heterocycles. The first-order valence-electron chi connectivity index (χ1n) is 10.4. The fourth-order valence-corrected chi connectivity index (χ4v) is 3.56. The molecule has 2 unspecified atom stereocenters. The minimum absolute atomic E-state index is 0.113. The average Bonchev–Trinajstić information content (AvgIpc) is 2.92. The number of hydrogen-bond donors (Lipinski definition) is 1. The van der Waals surface area contributed by atoms with E-state index >= 15 is 0 Å². The molecule has 0 aromatic carbocycles. The van der Waals surface area contributed by atoms with Crippen LogP contribution < -0.4 is 5.32 Å². The lowest BCUT2D eigenvalue weighted by atomic mass is 9.95. The van der Waals surface area contributed by atoms with Gasteiger partial charge in [-0.3, -0.25) is 0 Å². The van der Waals surface area contributed by atoms with E-state index in [9.17, 15) is 0 Å². The van der Waals surface area contributed by atoms with E-state index in [4.69, 9.17) is 17.3 Å². The van der Waals surface area contributed by atoms with Gasteiger partial charge in [0.05, 0.1) is 12.7 Å². The standard InChI is InChI=1S/C20H40BNO2/c1-3-4-5-6-7-8-9-10-11-12-13-14-15-22-18-16-20(21)24-19(18)17-23-2/h18-20,22H,3-17H2,1-2H3/t18?,19?,20-/m1/s1. The summed E-state index contributed by atoms with van der Waals surface area (Å²) in [5, 5.41) is 3.60. The Morgan fingerprint density at radius 2 is 1.46 bits per heavy atom. The number of nitrogens with one attached hydrogen (secondary N) is 1. The van der Waals surface area contributed by atoms with E-state index in [0.717, 1.165) is 13.0 Å². The van der Waals surface area contributed by atoms with Crippen LogP contribution in [0.15, 0.2) is 0 Å². The Morgan fingerprint density at radius 3 is 2.00 bits per heavy atom. The van der Waals surface area contributed by atoms with Crippen molar-refractivity contribution >= 4 is 7.85 Å². The van der Waals surface area contributed by atoms with Crippen LogP contribution in [0.4, 0.5) is 0 Å². The lowest BCUT2D eigenvalue weighted by molar-refractivity contribution is 0.0161. The zero-order valence-electron chi connectivity index (χ0n) is 16.2. The maximum atomic E-state index is 5.87. The summed E-state index contributed by atoms with van der Waals surface area (Å²) in [5.74, 6) is 0. The Balaban J connectivity index is 1.83. The van der Waals surface area contributed by atoms with Crippen LogP contribution in [-0.2, 0) is 9.47 Å². The molecule has 24 heavy (non-hydrogen) atoms. The van der Waals surface area contributed by atoms with Gasteiger partial charge in [-0.25, -0.2) is 0 Å². The molecule has 4 heteroatoms. The topological polar surface area (TPSA) is 30.5 Å². The van der Waals surface area contributed by atoms with Crippen molar-refractivity contribution in [1.82, 2.24) is 5.32 Å². The van der Waals surface area contributed by atoms with Crippen LogP contribution in [-0.4, -0.2) is 46.3 Å². The van der Waals surface area contributed by atoms with Gasteiger partial charge in [-0.1, -0.05) is 77.6 Å². The third-order valence-corrected chi connectivity index (χ3v) is 5.05. The van der Waals surface area contributed by atoms with E-state index in [1.54, 1.807) is 7.11 Å². The molecule has 3 atom stereocenters. The van der Waals surface area contributed by atoms with Gasteiger partial charge < -0.3 is 14.8 Å². The van der Waals surface area contributed by atoms with Crippen molar-refractivity contribution in [2.24, 2.45) is 0 Å². The highest BCUT2D eigenvalue weighted by Crippen LogP contribution is 2.19. The first kappa shape index (κ1) is 22.0. The van der Waals surface area contributed by atoms with E-state index in [1.807, 2.05) is 0 Å². The molecular formula is C20H40BNO2. The molecule has 0 saturated carbocycles. The van der Waals surface area contributed by atoms with Crippen LogP contribution in [0.25, 0.3) is 0 Å². The fourth-order valence-electron chi connectivity index (χ4n) is 3.56. The maximum Gasteiger partial charge on any atom is 0.109 e. The first-order chi connectivity index (χ1) is 11.8. The van der Waals surface area contributed by atoms with Crippen molar-refractivity contribution in [3.05, 3.63) is 0 Å². The van der Waals surface area contributed by atoms with E-state index < -0.39 is 0 Å². The highest BCUT2D eigenvalue weighted by Gasteiger charge is 2.31. The fraction of sp³-hybridized carbons (Fsp3) is 1.00. The third kappa shape index (κ3) is 10.7. The van der Waals surface area contributed by atoms with Crippen molar-refractivity contribution in [3.8, 4) is 0 Å².